The molecule has 0 aliphatic carbocycles. The van der Waals surface area contributed by atoms with Crippen molar-refractivity contribution >= 4 is 5.57 Å². The van der Waals surface area contributed by atoms with Gasteiger partial charge in [0.15, 0.2) is 0 Å². The Bertz CT molecular complexity index is 1010. The summed E-state index contributed by atoms with van der Waals surface area (Å²) in [5.74, 6) is 0.914. The monoisotopic (exact) mass is 480 g/mol. The number of ether oxygens (including phenoxy) is 2. The molecule has 190 valence electrons. The Hall–Kier alpha value is -2.22. The zero-order valence-electron chi connectivity index (χ0n) is 21.8. The van der Waals surface area contributed by atoms with Crippen LogP contribution >= 0.6 is 0 Å². The second kappa shape index (κ2) is 11.2. The first-order chi connectivity index (χ1) is 16.9. The summed E-state index contributed by atoms with van der Waals surface area (Å²) in [6.07, 6.45) is 1.74. The van der Waals surface area contributed by atoms with Gasteiger partial charge >= 0.3 is 0 Å². The van der Waals surface area contributed by atoms with E-state index in [1.54, 1.807) is 14.2 Å². The molecule has 6 nitrogen and oxygen atoms in total. The van der Waals surface area contributed by atoms with Gasteiger partial charge in [-0.25, -0.2) is 0 Å². The molecule has 0 amide bonds. The highest BCUT2D eigenvalue weighted by atomic mass is 16.7. The van der Waals surface area contributed by atoms with E-state index in [0.717, 1.165) is 61.4 Å². The summed E-state index contributed by atoms with van der Waals surface area (Å²) >= 11 is 0. The number of rotatable bonds is 9. The average Bonchev–Trinajstić information content (AvgIpc) is 3.05. The highest BCUT2D eigenvalue weighted by Crippen LogP contribution is 2.50. The second-order valence-corrected chi connectivity index (χ2v) is 9.85. The van der Waals surface area contributed by atoms with E-state index in [1.807, 2.05) is 23.3 Å². The van der Waals surface area contributed by atoms with Crippen LogP contribution in [0.2, 0.25) is 0 Å². The SMILES string of the molecule is COCCCN1C(O)C(c2c(C)cc(C)cc2C)=C(OCc2ccccc2)C12CCN(OC)CC2. The summed E-state index contributed by atoms with van der Waals surface area (Å²) in [5, 5.41) is 13.9. The summed E-state index contributed by atoms with van der Waals surface area (Å²) in [5.41, 5.74) is 6.31. The minimum atomic E-state index is -0.744. The van der Waals surface area contributed by atoms with Gasteiger partial charge < -0.3 is 19.4 Å². The fourth-order valence-electron chi connectivity index (χ4n) is 5.95. The summed E-state index contributed by atoms with van der Waals surface area (Å²) < 4.78 is 12.1. The van der Waals surface area contributed by atoms with Crippen LogP contribution in [0.1, 0.15) is 47.1 Å². The topological polar surface area (TPSA) is 54.4 Å². The van der Waals surface area contributed by atoms with Gasteiger partial charge in [0.05, 0.1) is 12.6 Å². The van der Waals surface area contributed by atoms with Crippen LogP contribution in [0.25, 0.3) is 5.57 Å². The van der Waals surface area contributed by atoms with E-state index in [4.69, 9.17) is 14.3 Å². The lowest BCUT2D eigenvalue weighted by molar-refractivity contribution is -0.168. The summed E-state index contributed by atoms with van der Waals surface area (Å²) in [6, 6.07) is 14.7. The first-order valence-corrected chi connectivity index (χ1v) is 12.6. The van der Waals surface area contributed by atoms with Crippen molar-refractivity contribution in [2.24, 2.45) is 0 Å². The van der Waals surface area contributed by atoms with Crippen LogP contribution in [-0.4, -0.2) is 67.3 Å². The first kappa shape index (κ1) is 25.9. The fraction of sp³-hybridized carbons (Fsp3) is 0.517. The lowest BCUT2D eigenvalue weighted by Gasteiger charge is -2.46. The Morgan fingerprint density at radius 3 is 2.26 bits per heavy atom. The first-order valence-electron chi connectivity index (χ1n) is 12.6. The normalized spacial score (nSPS) is 20.7. The van der Waals surface area contributed by atoms with E-state index in [2.05, 4.69) is 49.9 Å². The molecule has 2 aromatic carbocycles. The fourth-order valence-corrected chi connectivity index (χ4v) is 5.95. The molecule has 1 saturated heterocycles. The number of aliphatic hydroxyl groups is 1. The lowest BCUT2D eigenvalue weighted by Crippen LogP contribution is -2.56. The van der Waals surface area contributed by atoms with E-state index in [1.165, 1.54) is 16.7 Å². The van der Waals surface area contributed by atoms with Crippen molar-refractivity contribution < 1.29 is 19.4 Å². The van der Waals surface area contributed by atoms with Gasteiger partial charge in [-0.05, 0) is 62.3 Å². The summed E-state index contributed by atoms with van der Waals surface area (Å²) in [6.45, 7) is 9.81. The number of hydrogen-bond donors (Lipinski definition) is 1. The number of benzene rings is 2. The molecule has 4 rings (SSSR count). The van der Waals surface area contributed by atoms with Crippen LogP contribution in [0.3, 0.4) is 0 Å². The number of methoxy groups -OCH3 is 1. The van der Waals surface area contributed by atoms with Crippen LogP contribution in [0, 0.1) is 20.8 Å². The predicted octanol–water partition coefficient (Wildman–Crippen LogP) is 4.61. The number of hydroxylamine groups is 2. The van der Waals surface area contributed by atoms with E-state index < -0.39 is 11.8 Å². The lowest BCUT2D eigenvalue weighted by atomic mass is 9.84. The van der Waals surface area contributed by atoms with Gasteiger partial charge in [-0.3, -0.25) is 4.90 Å². The van der Waals surface area contributed by atoms with Crippen LogP contribution in [-0.2, 0) is 20.9 Å². The van der Waals surface area contributed by atoms with Crippen LogP contribution < -0.4 is 0 Å². The smallest absolute Gasteiger partial charge is 0.138 e. The predicted molar refractivity (Wildman–Crippen MR) is 139 cm³/mol. The minimum Gasteiger partial charge on any atom is -0.491 e. The van der Waals surface area contributed by atoms with Gasteiger partial charge in [-0.15, -0.1) is 0 Å². The molecule has 1 N–H and O–H groups in total. The Morgan fingerprint density at radius 2 is 1.66 bits per heavy atom. The van der Waals surface area contributed by atoms with Crippen molar-refractivity contribution in [3.05, 3.63) is 76.0 Å². The van der Waals surface area contributed by atoms with Crippen molar-refractivity contribution in [3.8, 4) is 0 Å². The van der Waals surface area contributed by atoms with E-state index in [9.17, 15) is 5.11 Å². The van der Waals surface area contributed by atoms with Gasteiger partial charge in [0, 0.05) is 38.9 Å². The second-order valence-electron chi connectivity index (χ2n) is 9.85. The van der Waals surface area contributed by atoms with E-state index in [0.29, 0.717) is 13.2 Å². The minimum absolute atomic E-state index is 0.393. The maximum Gasteiger partial charge on any atom is 0.138 e. The van der Waals surface area contributed by atoms with Crippen molar-refractivity contribution in [1.29, 1.82) is 0 Å². The molecule has 0 aromatic heterocycles. The Kier molecular flexibility index (Phi) is 8.30. The van der Waals surface area contributed by atoms with Crippen molar-refractivity contribution in [2.75, 3.05) is 40.5 Å². The number of nitrogens with zero attached hydrogens (tertiary/aromatic N) is 2. The van der Waals surface area contributed by atoms with Crippen LogP contribution in [0.4, 0.5) is 0 Å². The molecule has 2 heterocycles. The zero-order chi connectivity index (χ0) is 25.0. The molecule has 35 heavy (non-hydrogen) atoms. The number of hydrogen-bond acceptors (Lipinski definition) is 6. The quantitative estimate of drug-likeness (QED) is 0.529. The van der Waals surface area contributed by atoms with E-state index >= 15 is 0 Å². The highest BCUT2D eigenvalue weighted by Gasteiger charge is 2.54. The third-order valence-corrected chi connectivity index (χ3v) is 7.50. The van der Waals surface area contributed by atoms with Gasteiger partial charge in [0.2, 0.25) is 0 Å². The molecular formula is C29H40N2O4. The maximum absolute atomic E-state index is 11.9. The largest absolute Gasteiger partial charge is 0.491 e. The molecule has 6 heteroatoms. The maximum atomic E-state index is 11.9. The average molecular weight is 481 g/mol. The third kappa shape index (κ3) is 5.18. The Labute approximate surface area is 210 Å². The molecule has 2 aliphatic heterocycles. The third-order valence-electron chi connectivity index (χ3n) is 7.50. The van der Waals surface area contributed by atoms with Crippen LogP contribution in [0.15, 0.2) is 48.2 Å². The number of piperidine rings is 1. The molecule has 1 atom stereocenters. The molecule has 2 aromatic rings. The van der Waals surface area contributed by atoms with Gasteiger partial charge in [0.1, 0.15) is 18.6 Å². The van der Waals surface area contributed by atoms with Crippen LogP contribution in [0.5, 0.6) is 0 Å². The summed E-state index contributed by atoms with van der Waals surface area (Å²) in [7, 11) is 3.45. The Balaban J connectivity index is 1.83. The van der Waals surface area contributed by atoms with Crippen molar-refractivity contribution in [3.63, 3.8) is 0 Å². The van der Waals surface area contributed by atoms with Crippen molar-refractivity contribution in [2.45, 2.75) is 58.4 Å². The number of aryl methyl sites for hydroxylation is 3. The molecule has 1 fully saturated rings. The molecule has 1 spiro atoms. The Morgan fingerprint density at radius 1 is 1.00 bits per heavy atom. The molecule has 0 radical (unpaired) electrons. The molecule has 1 unspecified atom stereocenters. The highest BCUT2D eigenvalue weighted by molar-refractivity contribution is 5.79. The molecule has 0 bridgehead atoms. The van der Waals surface area contributed by atoms with Crippen molar-refractivity contribution in [1.82, 2.24) is 9.96 Å². The number of aliphatic hydroxyl groups excluding tert-OH is 1. The van der Waals surface area contributed by atoms with Gasteiger partial charge in [0.25, 0.3) is 0 Å². The zero-order valence-corrected chi connectivity index (χ0v) is 21.8. The van der Waals surface area contributed by atoms with E-state index in [-0.39, 0.29) is 0 Å². The summed E-state index contributed by atoms with van der Waals surface area (Å²) in [4.78, 5) is 7.81. The molecular weight excluding hydrogens is 440 g/mol. The van der Waals surface area contributed by atoms with Gasteiger partial charge in [-0.2, -0.15) is 5.06 Å². The van der Waals surface area contributed by atoms with Gasteiger partial charge in [-0.1, -0.05) is 48.0 Å². The molecule has 2 aliphatic rings. The molecule has 0 saturated carbocycles. The standard InChI is InChI=1S/C29H40N2O4/c1-21-18-22(2)25(23(3)19-21)26-27(35-20-24-10-7-6-8-11-24)29(12-15-30(34-5)16-13-29)31(28(26)32)14-9-17-33-4/h6-8,10-11,18-19,28,32H,9,12-17,20H2,1-5H3.